The lowest BCUT2D eigenvalue weighted by Gasteiger charge is -2.42. The third-order valence-corrected chi connectivity index (χ3v) is 4.44. The predicted molar refractivity (Wildman–Crippen MR) is 71.6 cm³/mol. The van der Waals surface area contributed by atoms with Crippen LogP contribution in [0.5, 0.6) is 0 Å². The van der Waals surface area contributed by atoms with Crippen molar-refractivity contribution in [3.63, 3.8) is 0 Å². The first kappa shape index (κ1) is 14.5. The lowest BCUT2D eigenvalue weighted by Crippen LogP contribution is -2.59. The molecule has 0 aromatic heterocycles. The summed E-state index contributed by atoms with van der Waals surface area (Å²) in [6.07, 6.45) is 6.36. The number of rotatable bonds is 5. The summed E-state index contributed by atoms with van der Waals surface area (Å²) in [6, 6.07) is 0. The van der Waals surface area contributed by atoms with Crippen LogP contribution in [-0.4, -0.2) is 18.0 Å². The van der Waals surface area contributed by atoms with E-state index in [0.29, 0.717) is 24.8 Å². The van der Waals surface area contributed by atoms with Gasteiger partial charge in [0.2, 0.25) is 5.91 Å². The van der Waals surface area contributed by atoms with Gasteiger partial charge < -0.3 is 11.1 Å². The molecule has 100 valence electrons. The fraction of sp³-hybridized carbons (Fsp3) is 0.929. The maximum Gasteiger partial charge on any atom is 0.220 e. The van der Waals surface area contributed by atoms with Crippen molar-refractivity contribution in [3.8, 4) is 0 Å². The Balaban J connectivity index is 2.58. The molecule has 0 aliphatic heterocycles. The van der Waals surface area contributed by atoms with Crippen molar-refractivity contribution in [1.29, 1.82) is 0 Å². The number of hydrogen-bond acceptors (Lipinski definition) is 2. The van der Waals surface area contributed by atoms with Gasteiger partial charge in [0.25, 0.3) is 0 Å². The zero-order valence-electron chi connectivity index (χ0n) is 11.6. The maximum atomic E-state index is 12.0. The van der Waals surface area contributed by atoms with Crippen molar-refractivity contribution in [1.82, 2.24) is 5.32 Å². The highest BCUT2D eigenvalue weighted by Crippen LogP contribution is 2.33. The van der Waals surface area contributed by atoms with Gasteiger partial charge in [-0.05, 0) is 24.7 Å². The number of carbonyl (C=O) groups excluding carboxylic acids is 1. The minimum atomic E-state index is -0.136. The van der Waals surface area contributed by atoms with Gasteiger partial charge in [0, 0.05) is 13.0 Å². The molecule has 3 nitrogen and oxygen atoms in total. The summed E-state index contributed by atoms with van der Waals surface area (Å²) in [5.41, 5.74) is 5.79. The lowest BCUT2D eigenvalue weighted by molar-refractivity contribution is -0.124. The van der Waals surface area contributed by atoms with Crippen molar-refractivity contribution in [2.24, 2.45) is 17.6 Å². The van der Waals surface area contributed by atoms with E-state index in [2.05, 4.69) is 26.1 Å². The Labute approximate surface area is 106 Å². The molecule has 0 radical (unpaired) electrons. The van der Waals surface area contributed by atoms with Gasteiger partial charge in [0.1, 0.15) is 0 Å². The van der Waals surface area contributed by atoms with Gasteiger partial charge in [0.15, 0.2) is 0 Å². The molecule has 0 bridgehead atoms. The van der Waals surface area contributed by atoms with Crippen molar-refractivity contribution < 1.29 is 4.79 Å². The predicted octanol–water partition coefficient (Wildman–Crippen LogP) is 2.45. The van der Waals surface area contributed by atoms with E-state index in [1.807, 2.05) is 0 Å². The van der Waals surface area contributed by atoms with Crippen LogP contribution in [0.3, 0.4) is 0 Å². The molecule has 17 heavy (non-hydrogen) atoms. The zero-order chi connectivity index (χ0) is 12.9. The van der Waals surface area contributed by atoms with E-state index in [-0.39, 0.29) is 11.4 Å². The summed E-state index contributed by atoms with van der Waals surface area (Å²) in [6.45, 7) is 7.04. The van der Waals surface area contributed by atoms with E-state index < -0.39 is 0 Å². The second kappa shape index (κ2) is 6.39. The van der Waals surface area contributed by atoms with Crippen LogP contribution in [0.15, 0.2) is 0 Å². The van der Waals surface area contributed by atoms with Gasteiger partial charge in [-0.3, -0.25) is 4.79 Å². The van der Waals surface area contributed by atoms with E-state index in [1.54, 1.807) is 0 Å². The third kappa shape index (κ3) is 3.70. The van der Waals surface area contributed by atoms with Crippen LogP contribution >= 0.6 is 0 Å². The number of nitrogens with two attached hydrogens (primary N) is 1. The minimum absolute atomic E-state index is 0.136. The number of hydrogen-bond donors (Lipinski definition) is 2. The first-order valence-electron chi connectivity index (χ1n) is 7.05. The number of nitrogens with one attached hydrogen (secondary N) is 1. The molecular weight excluding hydrogens is 212 g/mol. The monoisotopic (exact) mass is 240 g/mol. The third-order valence-electron chi connectivity index (χ3n) is 4.44. The topological polar surface area (TPSA) is 55.1 Å². The van der Waals surface area contributed by atoms with E-state index >= 15 is 0 Å². The Morgan fingerprint density at radius 3 is 2.76 bits per heavy atom. The first-order valence-corrected chi connectivity index (χ1v) is 7.05. The summed E-state index contributed by atoms with van der Waals surface area (Å²) in [5.74, 6) is 1.14. The molecule has 1 saturated carbocycles. The van der Waals surface area contributed by atoms with Crippen molar-refractivity contribution >= 4 is 5.91 Å². The Kier molecular flexibility index (Phi) is 5.44. The molecule has 0 aromatic rings. The fourth-order valence-corrected chi connectivity index (χ4v) is 2.74. The quantitative estimate of drug-likeness (QED) is 0.775. The molecule has 3 atom stereocenters. The van der Waals surface area contributed by atoms with Gasteiger partial charge in [-0.25, -0.2) is 0 Å². The first-order chi connectivity index (χ1) is 8.04. The van der Waals surface area contributed by atoms with Crippen molar-refractivity contribution in [2.45, 2.75) is 64.8 Å². The molecule has 3 unspecified atom stereocenters. The molecule has 1 aliphatic carbocycles. The minimum Gasteiger partial charge on any atom is -0.349 e. The van der Waals surface area contributed by atoms with Crippen LogP contribution in [0.2, 0.25) is 0 Å². The van der Waals surface area contributed by atoms with Crippen LogP contribution in [-0.2, 0) is 4.79 Å². The molecule has 0 heterocycles. The van der Waals surface area contributed by atoms with Gasteiger partial charge in [-0.2, -0.15) is 0 Å². The summed E-state index contributed by atoms with van der Waals surface area (Å²) >= 11 is 0. The highest BCUT2D eigenvalue weighted by molar-refractivity contribution is 5.77. The smallest absolute Gasteiger partial charge is 0.220 e. The van der Waals surface area contributed by atoms with E-state index in [1.165, 1.54) is 19.3 Å². The number of amides is 1. The maximum absolute atomic E-state index is 12.0. The van der Waals surface area contributed by atoms with Crippen LogP contribution in [0.4, 0.5) is 0 Å². The van der Waals surface area contributed by atoms with Gasteiger partial charge in [-0.1, -0.05) is 40.0 Å². The number of carbonyl (C=O) groups is 1. The Morgan fingerprint density at radius 2 is 2.24 bits per heavy atom. The van der Waals surface area contributed by atoms with Crippen LogP contribution in [0.25, 0.3) is 0 Å². The van der Waals surface area contributed by atoms with Gasteiger partial charge in [-0.15, -0.1) is 0 Å². The summed E-state index contributed by atoms with van der Waals surface area (Å²) in [5, 5.41) is 3.23. The van der Waals surface area contributed by atoms with Gasteiger partial charge in [0.05, 0.1) is 5.54 Å². The average molecular weight is 240 g/mol. The van der Waals surface area contributed by atoms with E-state index in [9.17, 15) is 4.79 Å². The molecule has 1 aliphatic rings. The van der Waals surface area contributed by atoms with Crippen molar-refractivity contribution in [3.05, 3.63) is 0 Å². The van der Waals surface area contributed by atoms with Crippen LogP contribution < -0.4 is 11.1 Å². The highest BCUT2D eigenvalue weighted by Gasteiger charge is 2.38. The largest absolute Gasteiger partial charge is 0.349 e. The van der Waals surface area contributed by atoms with Crippen molar-refractivity contribution in [2.75, 3.05) is 6.54 Å². The normalized spacial score (nSPS) is 30.9. The molecule has 3 N–H and O–H groups in total. The second-order valence-corrected chi connectivity index (χ2v) is 5.77. The molecule has 0 saturated heterocycles. The summed E-state index contributed by atoms with van der Waals surface area (Å²) in [4.78, 5) is 12.0. The van der Waals surface area contributed by atoms with E-state index in [4.69, 9.17) is 5.73 Å². The Bertz CT molecular complexity index is 255. The fourth-order valence-electron chi connectivity index (χ4n) is 2.74. The highest BCUT2D eigenvalue weighted by atomic mass is 16.1. The standard InChI is InChI=1S/C14H28N2O/c1-4-11(2)9-13(17)16-14(10-15)8-6-5-7-12(14)3/h11-12H,4-10,15H2,1-3H3,(H,16,17). The Hall–Kier alpha value is -0.570. The van der Waals surface area contributed by atoms with Crippen LogP contribution in [0.1, 0.15) is 59.3 Å². The SMILES string of the molecule is CCC(C)CC(=O)NC1(CN)CCCCC1C. The molecule has 1 rings (SSSR count). The molecule has 3 heteroatoms. The van der Waals surface area contributed by atoms with E-state index in [0.717, 1.165) is 12.8 Å². The molecule has 1 amide bonds. The zero-order valence-corrected chi connectivity index (χ0v) is 11.6. The second-order valence-electron chi connectivity index (χ2n) is 5.77. The molecule has 1 fully saturated rings. The average Bonchev–Trinajstić information content (AvgIpc) is 2.32. The summed E-state index contributed by atoms with van der Waals surface area (Å²) in [7, 11) is 0. The molecule has 0 aromatic carbocycles. The Morgan fingerprint density at radius 1 is 1.53 bits per heavy atom. The molecule has 0 spiro atoms. The summed E-state index contributed by atoms with van der Waals surface area (Å²) < 4.78 is 0. The molecular formula is C14H28N2O. The van der Waals surface area contributed by atoms with Gasteiger partial charge >= 0.3 is 0 Å². The lowest BCUT2D eigenvalue weighted by atomic mass is 9.73. The van der Waals surface area contributed by atoms with Crippen LogP contribution in [0, 0.1) is 11.8 Å².